The Hall–Kier alpha value is -0.640. The summed E-state index contributed by atoms with van der Waals surface area (Å²) in [6, 6.07) is 1.05. The Morgan fingerprint density at radius 3 is 2.42 bits per heavy atom. The first-order valence-corrected chi connectivity index (χ1v) is 5.00. The number of aliphatic hydroxyl groups excluding tert-OH is 1. The van der Waals surface area contributed by atoms with E-state index in [1.807, 2.05) is 0 Å². The van der Waals surface area contributed by atoms with Crippen LogP contribution in [0.2, 0.25) is 0 Å². The number of hydrogen-bond acceptors (Lipinski definition) is 4. The second-order valence-corrected chi connectivity index (χ2v) is 4.55. The Balaban J connectivity index is 4.36. The topological polar surface area (TPSA) is 90.2 Å². The number of nitriles is 1. The Morgan fingerprint density at radius 1 is 1.58 bits per heavy atom. The minimum atomic E-state index is -3.59. The molecule has 6 heteroatoms. The van der Waals surface area contributed by atoms with Gasteiger partial charge in [-0.15, -0.1) is 0 Å². The molecule has 2 N–H and O–H groups in total. The molecule has 2 atom stereocenters. The maximum Gasteiger partial charge on any atom is 0.228 e. The van der Waals surface area contributed by atoms with Crippen molar-refractivity contribution in [3.05, 3.63) is 0 Å². The van der Waals surface area contributed by atoms with Gasteiger partial charge in [0.25, 0.3) is 0 Å². The highest BCUT2D eigenvalue weighted by Crippen LogP contribution is 1.97. The quantitative estimate of drug-likeness (QED) is 0.610. The molecule has 0 heterocycles. The van der Waals surface area contributed by atoms with E-state index in [0.29, 0.717) is 0 Å². The molecular weight excluding hydrogens is 180 g/mol. The van der Waals surface area contributed by atoms with Crippen LogP contribution in [0.5, 0.6) is 0 Å². The first kappa shape index (κ1) is 11.4. The number of nitrogens with one attached hydrogen (secondary N) is 1. The standard InChI is InChI=1S/C6H12N2O3S/c1-5(4-9)8-12(10,11)6(2)3-7/h5-6,8-9H,4H2,1-2H3/t5-,6?/m1/s1. The summed E-state index contributed by atoms with van der Waals surface area (Å²) < 4.78 is 24.3. The highest BCUT2D eigenvalue weighted by molar-refractivity contribution is 7.90. The van der Waals surface area contributed by atoms with Gasteiger partial charge in [-0.2, -0.15) is 5.26 Å². The lowest BCUT2D eigenvalue weighted by Gasteiger charge is -2.11. The van der Waals surface area contributed by atoms with E-state index in [9.17, 15) is 8.42 Å². The number of rotatable bonds is 4. The van der Waals surface area contributed by atoms with Crippen LogP contribution in [0.15, 0.2) is 0 Å². The first-order chi connectivity index (χ1) is 5.44. The second-order valence-electron chi connectivity index (χ2n) is 2.52. The summed E-state index contributed by atoms with van der Waals surface area (Å²) in [5, 5.41) is 15.8. The fourth-order valence-corrected chi connectivity index (χ4v) is 1.47. The molecular formula is C6H12N2O3S. The van der Waals surface area contributed by atoms with Crippen molar-refractivity contribution in [3.63, 3.8) is 0 Å². The summed E-state index contributed by atoms with van der Waals surface area (Å²) in [4.78, 5) is 0. The average Bonchev–Trinajstić information content (AvgIpc) is 2.02. The Bertz CT molecular complexity index is 267. The molecule has 0 aliphatic carbocycles. The van der Waals surface area contributed by atoms with Crippen LogP contribution in [0.4, 0.5) is 0 Å². The maximum atomic E-state index is 11.1. The average molecular weight is 192 g/mol. The largest absolute Gasteiger partial charge is 0.395 e. The van der Waals surface area contributed by atoms with Gasteiger partial charge >= 0.3 is 0 Å². The van der Waals surface area contributed by atoms with Crippen LogP contribution in [0.1, 0.15) is 13.8 Å². The SMILES string of the molecule is CC(C#N)S(=O)(=O)N[C@H](C)CO. The lowest BCUT2D eigenvalue weighted by atomic mass is 10.4. The molecule has 0 aliphatic heterocycles. The normalized spacial score (nSPS) is 16.5. The molecule has 0 fully saturated rings. The van der Waals surface area contributed by atoms with Gasteiger partial charge in [0.05, 0.1) is 12.7 Å². The van der Waals surface area contributed by atoms with E-state index < -0.39 is 21.3 Å². The molecule has 0 bridgehead atoms. The van der Waals surface area contributed by atoms with Crippen molar-refractivity contribution in [1.29, 1.82) is 5.26 Å². The zero-order chi connectivity index (χ0) is 9.78. The molecule has 0 saturated heterocycles. The number of hydrogen-bond donors (Lipinski definition) is 2. The Morgan fingerprint density at radius 2 is 2.08 bits per heavy atom. The van der Waals surface area contributed by atoms with Crippen molar-refractivity contribution < 1.29 is 13.5 Å². The third-order valence-electron chi connectivity index (χ3n) is 1.29. The molecule has 0 aliphatic rings. The molecule has 0 aromatic heterocycles. The Kier molecular flexibility index (Phi) is 4.17. The molecule has 0 radical (unpaired) electrons. The number of nitrogens with zero attached hydrogens (tertiary/aromatic N) is 1. The van der Waals surface area contributed by atoms with E-state index >= 15 is 0 Å². The van der Waals surface area contributed by atoms with Crippen LogP contribution in [-0.2, 0) is 10.0 Å². The zero-order valence-corrected chi connectivity index (χ0v) is 7.80. The summed E-state index contributed by atoms with van der Waals surface area (Å²) in [7, 11) is -3.59. The lowest BCUT2D eigenvalue weighted by molar-refractivity contribution is 0.265. The van der Waals surface area contributed by atoms with Gasteiger partial charge in [0.15, 0.2) is 5.25 Å². The predicted molar refractivity (Wildman–Crippen MR) is 43.7 cm³/mol. The highest BCUT2D eigenvalue weighted by atomic mass is 32.2. The smallest absolute Gasteiger partial charge is 0.228 e. The molecule has 5 nitrogen and oxygen atoms in total. The summed E-state index contributed by atoms with van der Waals surface area (Å²) in [5.41, 5.74) is 0. The fraction of sp³-hybridized carbons (Fsp3) is 0.833. The van der Waals surface area contributed by atoms with Crippen molar-refractivity contribution in [3.8, 4) is 6.07 Å². The van der Waals surface area contributed by atoms with Crippen LogP contribution in [0.3, 0.4) is 0 Å². The van der Waals surface area contributed by atoms with Crippen LogP contribution in [0, 0.1) is 11.3 Å². The van der Waals surface area contributed by atoms with Gasteiger partial charge in [0.2, 0.25) is 10.0 Å². The van der Waals surface area contributed by atoms with Gasteiger partial charge in [-0.3, -0.25) is 0 Å². The van der Waals surface area contributed by atoms with Crippen molar-refractivity contribution in [2.45, 2.75) is 25.1 Å². The lowest BCUT2D eigenvalue weighted by Crippen LogP contribution is -2.39. The third-order valence-corrected chi connectivity index (χ3v) is 3.05. The molecule has 0 saturated carbocycles. The van der Waals surface area contributed by atoms with Crippen molar-refractivity contribution in [2.24, 2.45) is 0 Å². The van der Waals surface area contributed by atoms with Crippen molar-refractivity contribution in [2.75, 3.05) is 6.61 Å². The summed E-state index contributed by atoms with van der Waals surface area (Å²) in [5.74, 6) is 0. The molecule has 70 valence electrons. The van der Waals surface area contributed by atoms with Crippen molar-refractivity contribution >= 4 is 10.0 Å². The Labute approximate surface area is 72.1 Å². The van der Waals surface area contributed by atoms with Crippen LogP contribution in [-0.4, -0.2) is 31.4 Å². The highest BCUT2D eigenvalue weighted by Gasteiger charge is 2.21. The van der Waals surface area contributed by atoms with Gasteiger partial charge in [0.1, 0.15) is 0 Å². The second kappa shape index (κ2) is 4.40. The van der Waals surface area contributed by atoms with E-state index in [1.54, 1.807) is 6.07 Å². The predicted octanol–water partition coefficient (Wildman–Crippen LogP) is -0.801. The van der Waals surface area contributed by atoms with Crippen molar-refractivity contribution in [1.82, 2.24) is 4.72 Å². The van der Waals surface area contributed by atoms with Gasteiger partial charge in [-0.1, -0.05) is 0 Å². The van der Waals surface area contributed by atoms with Gasteiger partial charge in [-0.05, 0) is 13.8 Å². The minimum absolute atomic E-state index is 0.280. The molecule has 0 spiro atoms. The first-order valence-electron chi connectivity index (χ1n) is 3.45. The fourth-order valence-electron chi connectivity index (χ4n) is 0.489. The summed E-state index contributed by atoms with van der Waals surface area (Å²) >= 11 is 0. The maximum absolute atomic E-state index is 11.1. The molecule has 0 aromatic rings. The van der Waals surface area contributed by atoms with E-state index in [1.165, 1.54) is 13.8 Å². The minimum Gasteiger partial charge on any atom is -0.395 e. The van der Waals surface area contributed by atoms with E-state index in [0.717, 1.165) is 0 Å². The monoisotopic (exact) mass is 192 g/mol. The van der Waals surface area contributed by atoms with Crippen LogP contribution >= 0.6 is 0 Å². The third kappa shape index (κ3) is 3.17. The molecule has 0 aromatic carbocycles. The van der Waals surface area contributed by atoms with Gasteiger partial charge < -0.3 is 5.11 Å². The molecule has 0 rings (SSSR count). The summed E-state index contributed by atoms with van der Waals surface area (Å²) in [6.07, 6.45) is 0. The van der Waals surface area contributed by atoms with E-state index in [4.69, 9.17) is 10.4 Å². The van der Waals surface area contributed by atoms with Gasteiger partial charge in [0, 0.05) is 6.04 Å². The van der Waals surface area contributed by atoms with Crippen LogP contribution in [0.25, 0.3) is 0 Å². The molecule has 12 heavy (non-hydrogen) atoms. The molecule has 1 unspecified atom stereocenters. The van der Waals surface area contributed by atoms with Crippen LogP contribution < -0.4 is 4.72 Å². The van der Waals surface area contributed by atoms with E-state index in [2.05, 4.69) is 4.72 Å². The number of sulfonamides is 1. The number of aliphatic hydroxyl groups is 1. The zero-order valence-electron chi connectivity index (χ0n) is 6.98. The molecule has 0 amide bonds. The summed E-state index contributed by atoms with van der Waals surface area (Å²) in [6.45, 7) is 2.52. The van der Waals surface area contributed by atoms with E-state index in [-0.39, 0.29) is 6.61 Å². The van der Waals surface area contributed by atoms with Gasteiger partial charge in [-0.25, -0.2) is 13.1 Å².